The van der Waals surface area contributed by atoms with Gasteiger partial charge in [0.05, 0.1) is 22.9 Å². The van der Waals surface area contributed by atoms with Gasteiger partial charge in [-0.1, -0.05) is 35.9 Å². The van der Waals surface area contributed by atoms with Gasteiger partial charge in [0.1, 0.15) is 17.3 Å². The summed E-state index contributed by atoms with van der Waals surface area (Å²) in [5.41, 5.74) is 2.30. The number of amidine groups is 1. The fourth-order valence-corrected chi connectivity index (χ4v) is 3.54. The lowest BCUT2D eigenvalue weighted by Gasteiger charge is -2.19. The molecule has 4 rings (SSSR count). The Balaban J connectivity index is 1.77. The molecule has 0 saturated heterocycles. The first-order chi connectivity index (χ1) is 15.5. The van der Waals surface area contributed by atoms with Gasteiger partial charge < -0.3 is 9.84 Å². The van der Waals surface area contributed by atoms with E-state index >= 15 is 0 Å². The maximum atomic E-state index is 13.4. The van der Waals surface area contributed by atoms with Crippen molar-refractivity contribution in [3.8, 4) is 5.75 Å². The van der Waals surface area contributed by atoms with Crippen molar-refractivity contribution < 1.29 is 19.4 Å². The normalized spacial score (nSPS) is 14.6. The summed E-state index contributed by atoms with van der Waals surface area (Å²) >= 11 is 6.41. The van der Waals surface area contributed by atoms with Crippen LogP contribution in [0.5, 0.6) is 5.75 Å². The number of hydrogen-bond acceptors (Lipinski definition) is 4. The van der Waals surface area contributed by atoms with E-state index in [1.807, 2.05) is 19.1 Å². The number of aliphatic imine (C=N–C) groups is 1. The minimum Gasteiger partial charge on any atom is -0.494 e. The quantitative estimate of drug-likeness (QED) is 0.523. The molecule has 0 spiro atoms. The molecule has 0 bridgehead atoms. The third-order valence-electron chi connectivity index (χ3n) is 4.84. The number of carbonyl (C=O) groups excluding carboxylic acids is 1. The van der Waals surface area contributed by atoms with Gasteiger partial charge in [-0.25, -0.2) is 9.79 Å². The minimum absolute atomic E-state index is 0.168. The van der Waals surface area contributed by atoms with E-state index in [-0.39, 0.29) is 17.2 Å². The molecule has 160 valence electrons. The summed E-state index contributed by atoms with van der Waals surface area (Å²) in [6.45, 7) is 2.45. The number of rotatable bonds is 6. The number of aromatic carboxylic acids is 1. The van der Waals surface area contributed by atoms with Gasteiger partial charge in [-0.3, -0.25) is 9.69 Å². The van der Waals surface area contributed by atoms with E-state index in [9.17, 15) is 9.59 Å². The molecule has 3 aromatic carbocycles. The minimum atomic E-state index is -1.01. The highest BCUT2D eigenvalue weighted by Gasteiger charge is 2.33. The van der Waals surface area contributed by atoms with Crippen LogP contribution in [0.25, 0.3) is 6.08 Å². The van der Waals surface area contributed by atoms with Crippen molar-refractivity contribution in [2.45, 2.75) is 6.92 Å². The predicted molar refractivity (Wildman–Crippen MR) is 124 cm³/mol. The lowest BCUT2D eigenvalue weighted by atomic mass is 10.1. The van der Waals surface area contributed by atoms with Crippen LogP contribution in [0.3, 0.4) is 0 Å². The summed E-state index contributed by atoms with van der Waals surface area (Å²) in [7, 11) is 0. The lowest BCUT2D eigenvalue weighted by molar-refractivity contribution is -0.113. The maximum absolute atomic E-state index is 13.4. The molecule has 0 fully saturated rings. The van der Waals surface area contributed by atoms with Crippen molar-refractivity contribution in [1.29, 1.82) is 0 Å². The predicted octanol–water partition coefficient (Wildman–Crippen LogP) is 5.27. The van der Waals surface area contributed by atoms with Crippen LogP contribution in [-0.2, 0) is 4.79 Å². The number of anilines is 1. The standard InChI is InChI=1S/C25H19ClN2O4/c1-2-32-19-13-11-18(12-14-19)28-23(20-5-3-4-6-21(20)26)27-22(24(28)29)15-16-7-9-17(10-8-16)25(30)31/h3-15H,2H2,1H3,(H,30,31)/b22-15+. The third kappa shape index (κ3) is 4.26. The van der Waals surface area contributed by atoms with Crippen molar-refractivity contribution >= 4 is 41.1 Å². The summed E-state index contributed by atoms with van der Waals surface area (Å²) in [4.78, 5) is 30.6. The van der Waals surface area contributed by atoms with Crippen LogP contribution in [-0.4, -0.2) is 29.4 Å². The number of carbonyl (C=O) groups is 2. The van der Waals surface area contributed by atoms with Crippen LogP contribution in [0, 0.1) is 0 Å². The Morgan fingerprint density at radius 2 is 1.75 bits per heavy atom. The second-order valence-electron chi connectivity index (χ2n) is 6.94. The van der Waals surface area contributed by atoms with Crippen molar-refractivity contribution in [2.75, 3.05) is 11.5 Å². The number of benzene rings is 3. The monoisotopic (exact) mass is 446 g/mol. The summed E-state index contributed by atoms with van der Waals surface area (Å²) < 4.78 is 5.50. The zero-order valence-corrected chi connectivity index (χ0v) is 17.9. The molecule has 1 amide bonds. The molecule has 0 saturated carbocycles. The van der Waals surface area contributed by atoms with Gasteiger partial charge >= 0.3 is 5.97 Å². The molecule has 3 aromatic rings. The highest BCUT2D eigenvalue weighted by molar-refractivity contribution is 6.39. The average Bonchev–Trinajstić information content (AvgIpc) is 3.11. The van der Waals surface area contributed by atoms with Gasteiger partial charge in [-0.15, -0.1) is 0 Å². The van der Waals surface area contributed by atoms with Crippen molar-refractivity contribution in [3.63, 3.8) is 0 Å². The molecule has 0 aromatic heterocycles. The summed E-state index contributed by atoms with van der Waals surface area (Å²) in [5, 5.41) is 9.56. The number of halogens is 1. The van der Waals surface area contributed by atoms with Crippen molar-refractivity contribution in [2.24, 2.45) is 4.99 Å². The topological polar surface area (TPSA) is 79.2 Å². The fraction of sp³-hybridized carbons (Fsp3) is 0.0800. The van der Waals surface area contributed by atoms with Crippen LogP contribution in [0.4, 0.5) is 5.69 Å². The van der Waals surface area contributed by atoms with Gasteiger partial charge in [-0.2, -0.15) is 0 Å². The molecule has 0 atom stereocenters. The number of hydrogen-bond donors (Lipinski definition) is 1. The molecular formula is C25H19ClN2O4. The number of carboxylic acid groups (broad SMARTS) is 1. The van der Waals surface area contributed by atoms with Crippen LogP contribution < -0.4 is 9.64 Å². The largest absolute Gasteiger partial charge is 0.494 e. The molecule has 0 unspecified atom stereocenters. The third-order valence-corrected chi connectivity index (χ3v) is 5.17. The van der Waals surface area contributed by atoms with E-state index in [1.54, 1.807) is 54.6 Å². The van der Waals surface area contributed by atoms with Crippen LogP contribution in [0.2, 0.25) is 5.02 Å². The van der Waals surface area contributed by atoms with E-state index in [1.165, 1.54) is 17.0 Å². The van der Waals surface area contributed by atoms with E-state index in [0.29, 0.717) is 40.0 Å². The SMILES string of the molecule is CCOc1ccc(N2C(=O)/C(=C\c3ccc(C(=O)O)cc3)N=C2c2ccccc2Cl)cc1. The molecule has 0 radical (unpaired) electrons. The molecule has 1 heterocycles. The van der Waals surface area contributed by atoms with Gasteiger partial charge in [0, 0.05) is 5.56 Å². The van der Waals surface area contributed by atoms with E-state index < -0.39 is 5.97 Å². The van der Waals surface area contributed by atoms with Crippen molar-refractivity contribution in [1.82, 2.24) is 0 Å². The molecule has 6 nitrogen and oxygen atoms in total. The smallest absolute Gasteiger partial charge is 0.335 e. The van der Waals surface area contributed by atoms with Gasteiger partial charge in [0.2, 0.25) is 0 Å². The number of nitrogens with zero attached hydrogens (tertiary/aromatic N) is 2. The summed E-state index contributed by atoms with van der Waals surface area (Å²) in [6, 6.07) is 20.6. The zero-order valence-electron chi connectivity index (χ0n) is 17.2. The summed E-state index contributed by atoms with van der Waals surface area (Å²) in [5.74, 6) is -0.209. The summed E-state index contributed by atoms with van der Waals surface area (Å²) in [6.07, 6.45) is 1.62. The molecule has 1 aliphatic rings. The average molecular weight is 447 g/mol. The maximum Gasteiger partial charge on any atom is 0.335 e. The Morgan fingerprint density at radius 1 is 1.06 bits per heavy atom. The van der Waals surface area contributed by atoms with Gasteiger partial charge in [0.15, 0.2) is 0 Å². The highest BCUT2D eigenvalue weighted by Crippen LogP contribution is 2.31. The fourth-order valence-electron chi connectivity index (χ4n) is 3.32. The number of ether oxygens (including phenoxy) is 1. The lowest BCUT2D eigenvalue weighted by Crippen LogP contribution is -2.32. The van der Waals surface area contributed by atoms with Crippen LogP contribution >= 0.6 is 11.6 Å². The Kier molecular flexibility index (Phi) is 6.05. The molecular weight excluding hydrogens is 428 g/mol. The molecule has 1 N–H and O–H groups in total. The molecule has 32 heavy (non-hydrogen) atoms. The second-order valence-corrected chi connectivity index (χ2v) is 7.35. The first-order valence-corrected chi connectivity index (χ1v) is 10.3. The molecule has 0 aliphatic carbocycles. The van der Waals surface area contributed by atoms with Crippen molar-refractivity contribution in [3.05, 3.63) is 100 Å². The Morgan fingerprint density at radius 3 is 2.38 bits per heavy atom. The van der Waals surface area contributed by atoms with E-state index in [2.05, 4.69) is 4.99 Å². The van der Waals surface area contributed by atoms with E-state index in [0.717, 1.165) is 0 Å². The Hall–Kier alpha value is -3.90. The second kappa shape index (κ2) is 9.08. The van der Waals surface area contributed by atoms with Gasteiger partial charge in [0.25, 0.3) is 5.91 Å². The van der Waals surface area contributed by atoms with E-state index in [4.69, 9.17) is 21.4 Å². The first-order valence-electron chi connectivity index (χ1n) is 9.94. The number of amides is 1. The molecule has 1 aliphatic heterocycles. The van der Waals surface area contributed by atoms with Gasteiger partial charge in [-0.05, 0) is 67.1 Å². The highest BCUT2D eigenvalue weighted by atomic mass is 35.5. The van der Waals surface area contributed by atoms with Crippen LogP contribution in [0.15, 0.2) is 83.5 Å². The van der Waals surface area contributed by atoms with Crippen LogP contribution in [0.1, 0.15) is 28.4 Å². The number of carboxylic acids is 1. The first kappa shape index (κ1) is 21.3. The Bertz CT molecular complexity index is 1230. The Labute approximate surface area is 190 Å². The zero-order chi connectivity index (χ0) is 22.7. The molecule has 7 heteroatoms.